The topological polar surface area (TPSA) is 113 Å². The van der Waals surface area contributed by atoms with Gasteiger partial charge in [0, 0.05) is 6.92 Å². The molecule has 0 bridgehead atoms. The number of anilines is 1. The van der Waals surface area contributed by atoms with Crippen molar-refractivity contribution >= 4 is 17.8 Å². The molecule has 0 saturated carbocycles. The van der Waals surface area contributed by atoms with E-state index in [0.29, 0.717) is 5.76 Å². The van der Waals surface area contributed by atoms with E-state index in [9.17, 15) is 14.0 Å². The third kappa shape index (κ3) is 3.89. The highest BCUT2D eigenvalue weighted by Gasteiger charge is 2.15. The molecule has 2 amide bonds. The van der Waals surface area contributed by atoms with Crippen molar-refractivity contribution in [3.8, 4) is 11.4 Å². The van der Waals surface area contributed by atoms with Gasteiger partial charge in [-0.15, -0.1) is 5.10 Å². The van der Waals surface area contributed by atoms with Crippen LogP contribution in [0, 0.1) is 5.82 Å². The molecule has 3 rings (SSSR count). The van der Waals surface area contributed by atoms with Gasteiger partial charge in [-0.1, -0.05) is 12.1 Å². The van der Waals surface area contributed by atoms with Crippen LogP contribution in [0.5, 0.6) is 0 Å². The van der Waals surface area contributed by atoms with Crippen LogP contribution in [0.1, 0.15) is 23.2 Å². The summed E-state index contributed by atoms with van der Waals surface area (Å²) in [6.45, 7) is 1.56. The Hall–Kier alpha value is -3.49. The van der Waals surface area contributed by atoms with Gasteiger partial charge in [-0.05, 0) is 24.3 Å². The number of amides is 2. The molecule has 0 fully saturated rings. The van der Waals surface area contributed by atoms with E-state index >= 15 is 0 Å². The zero-order valence-electron chi connectivity index (χ0n) is 13.2. The van der Waals surface area contributed by atoms with Crippen LogP contribution in [-0.2, 0) is 11.3 Å². The SMILES string of the molecule is CC(=O)NCc1ccc(C(=O)Nc2n[nH]c(-c3ccccc3F)n2)o1. The number of hydrogen-bond donors (Lipinski definition) is 3. The standard InChI is InChI=1S/C16H14FN5O3/c1-9(23)18-8-10-6-7-13(25-10)15(24)20-16-19-14(21-22-16)11-4-2-3-5-12(11)17/h2-7H,8H2,1H3,(H,18,23)(H2,19,20,21,22,24). The van der Waals surface area contributed by atoms with Gasteiger partial charge < -0.3 is 9.73 Å². The van der Waals surface area contributed by atoms with Gasteiger partial charge in [-0.3, -0.25) is 20.0 Å². The summed E-state index contributed by atoms with van der Waals surface area (Å²) < 4.78 is 19.1. The highest BCUT2D eigenvalue weighted by Crippen LogP contribution is 2.19. The number of nitrogens with one attached hydrogen (secondary N) is 3. The first kappa shape index (κ1) is 16.4. The van der Waals surface area contributed by atoms with E-state index in [1.165, 1.54) is 19.1 Å². The number of benzene rings is 1. The van der Waals surface area contributed by atoms with Crippen molar-refractivity contribution in [2.75, 3.05) is 5.32 Å². The first-order valence-electron chi connectivity index (χ1n) is 7.35. The van der Waals surface area contributed by atoms with Gasteiger partial charge in [-0.25, -0.2) is 4.39 Å². The van der Waals surface area contributed by atoms with Crippen LogP contribution in [0.2, 0.25) is 0 Å². The molecule has 3 N–H and O–H groups in total. The smallest absolute Gasteiger partial charge is 0.293 e. The van der Waals surface area contributed by atoms with Crippen molar-refractivity contribution in [3.63, 3.8) is 0 Å². The first-order valence-corrected chi connectivity index (χ1v) is 7.35. The molecular formula is C16H14FN5O3. The second-order valence-corrected chi connectivity index (χ2v) is 5.12. The quantitative estimate of drug-likeness (QED) is 0.656. The minimum Gasteiger partial charge on any atom is -0.454 e. The first-order chi connectivity index (χ1) is 12.0. The number of carbonyl (C=O) groups is 2. The fourth-order valence-corrected chi connectivity index (χ4v) is 2.06. The molecule has 128 valence electrons. The van der Waals surface area contributed by atoms with Crippen LogP contribution in [0.15, 0.2) is 40.8 Å². The van der Waals surface area contributed by atoms with Crippen LogP contribution in [0.3, 0.4) is 0 Å². The van der Waals surface area contributed by atoms with Crippen molar-refractivity contribution in [1.29, 1.82) is 0 Å². The van der Waals surface area contributed by atoms with Crippen molar-refractivity contribution < 1.29 is 18.4 Å². The van der Waals surface area contributed by atoms with E-state index in [-0.39, 0.29) is 35.5 Å². The molecule has 0 radical (unpaired) electrons. The normalized spacial score (nSPS) is 10.5. The van der Waals surface area contributed by atoms with E-state index in [1.807, 2.05) is 0 Å². The van der Waals surface area contributed by atoms with Gasteiger partial charge in [0.1, 0.15) is 11.6 Å². The number of rotatable bonds is 5. The number of aromatic amines is 1. The number of H-pyrrole nitrogens is 1. The average molecular weight is 343 g/mol. The molecule has 0 atom stereocenters. The summed E-state index contributed by atoms with van der Waals surface area (Å²) in [4.78, 5) is 27.0. The van der Waals surface area contributed by atoms with E-state index in [2.05, 4.69) is 25.8 Å². The molecule has 0 spiro atoms. The zero-order valence-corrected chi connectivity index (χ0v) is 13.2. The van der Waals surface area contributed by atoms with E-state index < -0.39 is 11.7 Å². The summed E-state index contributed by atoms with van der Waals surface area (Å²) in [6, 6.07) is 9.12. The minimum atomic E-state index is -0.562. The van der Waals surface area contributed by atoms with Crippen LogP contribution >= 0.6 is 0 Å². The molecule has 2 heterocycles. The van der Waals surface area contributed by atoms with Gasteiger partial charge in [0.15, 0.2) is 11.6 Å². The van der Waals surface area contributed by atoms with Crippen molar-refractivity contribution in [3.05, 3.63) is 53.7 Å². The highest BCUT2D eigenvalue weighted by atomic mass is 19.1. The lowest BCUT2D eigenvalue weighted by atomic mass is 10.2. The molecule has 0 aliphatic carbocycles. The fraction of sp³-hybridized carbons (Fsp3) is 0.125. The molecule has 0 aliphatic heterocycles. The molecule has 25 heavy (non-hydrogen) atoms. The third-order valence-corrected chi connectivity index (χ3v) is 3.24. The molecule has 1 aromatic carbocycles. The van der Waals surface area contributed by atoms with Gasteiger partial charge in [-0.2, -0.15) is 4.98 Å². The summed E-state index contributed by atoms with van der Waals surface area (Å²) in [5.74, 6) is -0.565. The van der Waals surface area contributed by atoms with Crippen molar-refractivity contribution in [2.24, 2.45) is 0 Å². The second-order valence-electron chi connectivity index (χ2n) is 5.12. The van der Waals surface area contributed by atoms with Gasteiger partial charge in [0.2, 0.25) is 11.9 Å². The van der Waals surface area contributed by atoms with Gasteiger partial charge in [0.05, 0.1) is 12.1 Å². The maximum atomic E-state index is 13.7. The number of aromatic nitrogens is 3. The molecule has 2 aromatic heterocycles. The molecule has 0 unspecified atom stereocenters. The summed E-state index contributed by atoms with van der Waals surface area (Å²) in [5.41, 5.74) is 0.242. The lowest BCUT2D eigenvalue weighted by molar-refractivity contribution is -0.119. The Morgan fingerprint density at radius 2 is 2.04 bits per heavy atom. The Balaban J connectivity index is 1.68. The summed E-state index contributed by atoms with van der Waals surface area (Å²) >= 11 is 0. The van der Waals surface area contributed by atoms with Gasteiger partial charge in [0.25, 0.3) is 5.91 Å². The predicted octanol–water partition coefficient (Wildman–Crippen LogP) is 2.09. The van der Waals surface area contributed by atoms with Crippen LogP contribution < -0.4 is 10.6 Å². The fourth-order valence-electron chi connectivity index (χ4n) is 2.06. The summed E-state index contributed by atoms with van der Waals surface area (Å²) in [7, 11) is 0. The molecule has 0 saturated heterocycles. The van der Waals surface area contributed by atoms with Crippen molar-refractivity contribution in [2.45, 2.75) is 13.5 Å². The van der Waals surface area contributed by atoms with Crippen LogP contribution in [0.4, 0.5) is 10.3 Å². The second kappa shape index (κ2) is 6.95. The number of nitrogens with zero attached hydrogens (tertiary/aromatic N) is 2. The van der Waals surface area contributed by atoms with Crippen molar-refractivity contribution in [1.82, 2.24) is 20.5 Å². The number of furan rings is 1. The Labute approximate surface area is 141 Å². The molecule has 0 aliphatic rings. The molecule has 9 heteroatoms. The lowest BCUT2D eigenvalue weighted by Crippen LogP contribution is -2.18. The minimum absolute atomic E-state index is 0.0111. The third-order valence-electron chi connectivity index (χ3n) is 3.24. The number of carbonyl (C=O) groups excluding carboxylic acids is 2. The molecular weight excluding hydrogens is 329 g/mol. The number of halogens is 1. The monoisotopic (exact) mass is 343 g/mol. The lowest BCUT2D eigenvalue weighted by Gasteiger charge is -1.99. The Morgan fingerprint density at radius 3 is 2.80 bits per heavy atom. The predicted molar refractivity (Wildman–Crippen MR) is 86.0 cm³/mol. The largest absolute Gasteiger partial charge is 0.454 e. The van der Waals surface area contributed by atoms with E-state index in [0.717, 1.165) is 0 Å². The maximum absolute atomic E-state index is 13.7. The van der Waals surface area contributed by atoms with Crippen LogP contribution in [0.25, 0.3) is 11.4 Å². The Kier molecular flexibility index (Phi) is 4.55. The highest BCUT2D eigenvalue weighted by molar-refractivity contribution is 6.01. The number of hydrogen-bond acceptors (Lipinski definition) is 5. The Bertz CT molecular complexity index is 918. The van der Waals surface area contributed by atoms with Gasteiger partial charge >= 0.3 is 0 Å². The zero-order chi connectivity index (χ0) is 17.8. The summed E-state index contributed by atoms with van der Waals surface area (Å²) in [6.07, 6.45) is 0. The van der Waals surface area contributed by atoms with E-state index in [4.69, 9.17) is 4.42 Å². The van der Waals surface area contributed by atoms with Crippen LogP contribution in [-0.4, -0.2) is 27.0 Å². The molecule has 8 nitrogen and oxygen atoms in total. The Morgan fingerprint density at radius 1 is 1.24 bits per heavy atom. The maximum Gasteiger partial charge on any atom is 0.293 e. The van der Waals surface area contributed by atoms with E-state index in [1.54, 1.807) is 24.3 Å². The molecule has 3 aromatic rings. The average Bonchev–Trinajstić information content (AvgIpc) is 3.23. The summed E-state index contributed by atoms with van der Waals surface area (Å²) in [5, 5.41) is 11.4.